The zero-order valence-electron chi connectivity index (χ0n) is 4.70. The van der Waals surface area contributed by atoms with Crippen molar-refractivity contribution in [3.05, 3.63) is 0 Å². The van der Waals surface area contributed by atoms with Crippen LogP contribution >= 0.6 is 11.1 Å². The summed E-state index contributed by atoms with van der Waals surface area (Å²) in [5, 5.41) is 0. The second-order valence-electron chi connectivity index (χ2n) is 1.67. The van der Waals surface area contributed by atoms with E-state index in [4.69, 9.17) is 13.0 Å². The van der Waals surface area contributed by atoms with Gasteiger partial charge in [0, 0.05) is 6.42 Å². The molecular weight excluding hydrogens is 126 g/mol. The average molecular weight is 135 g/mol. The van der Waals surface area contributed by atoms with Crippen LogP contribution in [0.2, 0.25) is 0 Å². The van der Waals surface area contributed by atoms with Crippen molar-refractivity contribution in [2.75, 3.05) is 0 Å². The van der Waals surface area contributed by atoms with Gasteiger partial charge in [0.2, 0.25) is 0 Å². The lowest BCUT2D eigenvalue weighted by molar-refractivity contribution is -0.0499. The van der Waals surface area contributed by atoms with E-state index in [2.05, 4.69) is 0 Å². The van der Waals surface area contributed by atoms with Crippen molar-refractivity contribution in [1.82, 2.24) is 0 Å². The molecule has 0 bridgehead atoms. The zero-order chi connectivity index (χ0) is 5.98. The smallest absolute Gasteiger partial charge is 0.189 e. The van der Waals surface area contributed by atoms with E-state index < -0.39 is 11.1 Å². The Morgan fingerprint density at radius 2 is 2.25 bits per heavy atom. The van der Waals surface area contributed by atoms with E-state index in [1.807, 2.05) is 6.92 Å². The second kappa shape index (κ2) is 2.51. The minimum Gasteiger partial charge on any atom is -0.254 e. The fraction of sp³-hybridized carbons (Fsp3) is 1.00. The molecule has 1 aliphatic rings. The molecule has 48 valence electrons. The molecule has 0 spiro atoms. The van der Waals surface area contributed by atoms with Crippen LogP contribution < -0.4 is 0 Å². The summed E-state index contributed by atoms with van der Waals surface area (Å²) in [6, 6.07) is 0. The van der Waals surface area contributed by atoms with Crippen LogP contribution in [0, 0.1) is 4.61 Å². The van der Waals surface area contributed by atoms with E-state index in [0.29, 0.717) is 0 Å². The Kier molecular flexibility index (Phi) is 1.91. The largest absolute Gasteiger partial charge is 0.254 e. The maximum Gasteiger partial charge on any atom is 0.189 e. The molecule has 0 radical (unpaired) electrons. The summed E-state index contributed by atoms with van der Waals surface area (Å²) >= 11 is -1.47. The molecule has 1 aliphatic heterocycles. The SMILES string of the molecule is CCCC1O[SH](#N)O1. The van der Waals surface area contributed by atoms with Gasteiger partial charge in [0.15, 0.2) is 17.4 Å². The van der Waals surface area contributed by atoms with Gasteiger partial charge in [-0.15, -0.1) is 0 Å². The lowest BCUT2D eigenvalue weighted by Gasteiger charge is -2.24. The maximum absolute atomic E-state index is 8.47. The molecule has 3 nitrogen and oxygen atoms in total. The van der Waals surface area contributed by atoms with Crippen molar-refractivity contribution in [2.45, 2.75) is 26.1 Å². The van der Waals surface area contributed by atoms with Gasteiger partial charge in [-0.3, -0.25) is 8.37 Å². The van der Waals surface area contributed by atoms with E-state index in [1.54, 1.807) is 0 Å². The monoisotopic (exact) mass is 135 g/mol. The second-order valence-corrected chi connectivity index (χ2v) is 2.56. The van der Waals surface area contributed by atoms with Crippen LogP contribution in [-0.2, 0) is 8.37 Å². The molecule has 0 aliphatic carbocycles. The number of rotatable bonds is 2. The van der Waals surface area contributed by atoms with Crippen molar-refractivity contribution in [1.29, 1.82) is 4.61 Å². The predicted octanol–water partition coefficient (Wildman–Crippen LogP) is 1.47. The summed E-state index contributed by atoms with van der Waals surface area (Å²) < 4.78 is 18.0. The number of nitrogens with zero attached hydrogens (tertiary/aromatic N) is 1. The van der Waals surface area contributed by atoms with Crippen LogP contribution in [0.4, 0.5) is 0 Å². The van der Waals surface area contributed by atoms with Crippen LogP contribution in [0.1, 0.15) is 19.8 Å². The van der Waals surface area contributed by atoms with E-state index in [-0.39, 0.29) is 6.29 Å². The Labute approximate surface area is 51.0 Å². The average Bonchev–Trinajstić information content (AvgIpc) is 1.64. The van der Waals surface area contributed by atoms with Crippen LogP contribution in [0.15, 0.2) is 0 Å². The number of thiol groups is 1. The van der Waals surface area contributed by atoms with Crippen LogP contribution in [0.25, 0.3) is 0 Å². The highest BCUT2D eigenvalue weighted by Gasteiger charge is 2.21. The highest BCUT2D eigenvalue weighted by atomic mass is 32.2. The summed E-state index contributed by atoms with van der Waals surface area (Å²) in [5.41, 5.74) is 0. The number of hydrogen-bond donors (Lipinski definition) is 1. The minimum atomic E-state index is -1.47. The summed E-state index contributed by atoms with van der Waals surface area (Å²) in [7, 11) is 0. The topological polar surface area (TPSA) is 42.2 Å². The molecule has 4 heteroatoms. The highest BCUT2D eigenvalue weighted by molar-refractivity contribution is 7.95. The van der Waals surface area contributed by atoms with Crippen LogP contribution in [-0.4, -0.2) is 6.29 Å². The molecule has 0 N–H and O–H groups in total. The lowest BCUT2D eigenvalue weighted by Crippen LogP contribution is -2.20. The Hall–Kier alpha value is -0.0200. The molecule has 1 saturated heterocycles. The molecule has 8 heavy (non-hydrogen) atoms. The third-order valence-electron chi connectivity index (χ3n) is 0.940. The Morgan fingerprint density at radius 3 is 2.62 bits per heavy atom. The van der Waals surface area contributed by atoms with Gasteiger partial charge in [-0.25, -0.2) is 0 Å². The van der Waals surface area contributed by atoms with E-state index in [0.717, 1.165) is 12.8 Å². The summed E-state index contributed by atoms with van der Waals surface area (Å²) in [6.45, 7) is 2.05. The molecule has 0 amide bonds. The van der Waals surface area contributed by atoms with Gasteiger partial charge in [0.1, 0.15) is 0 Å². The van der Waals surface area contributed by atoms with Crippen molar-refractivity contribution in [3.63, 3.8) is 0 Å². The van der Waals surface area contributed by atoms with Crippen molar-refractivity contribution in [3.8, 4) is 0 Å². The molecule has 0 unspecified atom stereocenters. The zero-order valence-corrected chi connectivity index (χ0v) is 5.60. The van der Waals surface area contributed by atoms with Crippen LogP contribution in [0.3, 0.4) is 0 Å². The molecule has 0 aromatic carbocycles. The predicted molar refractivity (Wildman–Crippen MR) is 31.6 cm³/mol. The molecular formula is C4H9NO2S. The standard InChI is InChI=1S/C4H9NO2S/c1-2-3-4-6-8(5)7-4/h4,8H,2-3H2,1H3. The van der Waals surface area contributed by atoms with Gasteiger partial charge in [-0.2, -0.15) is 4.61 Å². The molecule has 0 aromatic rings. The lowest BCUT2D eigenvalue weighted by atomic mass is 10.3. The van der Waals surface area contributed by atoms with Crippen molar-refractivity contribution >= 4 is 11.1 Å². The van der Waals surface area contributed by atoms with Crippen LogP contribution in [0.5, 0.6) is 0 Å². The number of hydrogen-bond acceptors (Lipinski definition) is 3. The minimum absolute atomic E-state index is 0.115. The first-order chi connectivity index (χ1) is 3.83. The van der Waals surface area contributed by atoms with Crippen molar-refractivity contribution in [2.24, 2.45) is 0 Å². The summed E-state index contributed by atoms with van der Waals surface area (Å²) in [6.07, 6.45) is 1.81. The Morgan fingerprint density at radius 1 is 1.62 bits per heavy atom. The van der Waals surface area contributed by atoms with Crippen molar-refractivity contribution < 1.29 is 8.37 Å². The molecule has 0 atom stereocenters. The van der Waals surface area contributed by atoms with Gasteiger partial charge in [0.05, 0.1) is 0 Å². The van der Waals surface area contributed by atoms with E-state index in [9.17, 15) is 0 Å². The van der Waals surface area contributed by atoms with E-state index in [1.165, 1.54) is 0 Å². The van der Waals surface area contributed by atoms with Gasteiger partial charge in [-0.05, 0) is 0 Å². The molecule has 1 rings (SSSR count). The third kappa shape index (κ3) is 1.23. The molecule has 1 fully saturated rings. The van der Waals surface area contributed by atoms with Gasteiger partial charge < -0.3 is 0 Å². The van der Waals surface area contributed by atoms with E-state index >= 15 is 0 Å². The molecule has 1 heterocycles. The Bertz CT molecular complexity index is 129. The first-order valence-corrected chi connectivity index (χ1v) is 3.78. The first kappa shape index (κ1) is 6.11. The third-order valence-corrected chi connectivity index (χ3v) is 1.77. The molecule has 0 saturated carbocycles. The molecule has 0 aromatic heterocycles. The maximum atomic E-state index is 8.47. The highest BCUT2D eigenvalue weighted by Crippen LogP contribution is 2.31. The quantitative estimate of drug-likeness (QED) is 0.583. The van der Waals surface area contributed by atoms with Gasteiger partial charge >= 0.3 is 0 Å². The first-order valence-electron chi connectivity index (χ1n) is 2.65. The fourth-order valence-electron chi connectivity index (χ4n) is 0.550. The summed E-state index contributed by atoms with van der Waals surface area (Å²) in [5.74, 6) is 0. The van der Waals surface area contributed by atoms with Gasteiger partial charge in [-0.1, -0.05) is 13.3 Å². The fourth-order valence-corrected chi connectivity index (χ4v) is 1.18. The Balaban J connectivity index is 2.09. The normalized spacial score (nSPS) is 36.5. The summed E-state index contributed by atoms with van der Waals surface area (Å²) in [4.78, 5) is 0. The van der Waals surface area contributed by atoms with Gasteiger partial charge in [0.25, 0.3) is 0 Å².